The number of hydrogen-bond donors (Lipinski definition) is 3. The van der Waals surface area contributed by atoms with Gasteiger partial charge in [0.15, 0.2) is 11.5 Å². The number of aromatic hydroxyl groups is 1. The fourth-order valence-corrected chi connectivity index (χ4v) is 13.5. The number of benzene rings is 4. The third-order valence-electron chi connectivity index (χ3n) is 8.26. The first-order valence-corrected chi connectivity index (χ1v) is 27.2. The normalized spacial score (nSPS) is 14.0. The number of carbonyl (C=O) groups is 2. The van der Waals surface area contributed by atoms with Gasteiger partial charge in [-0.1, -0.05) is 13.8 Å². The van der Waals surface area contributed by atoms with Crippen molar-refractivity contribution in [3.05, 3.63) is 88.2 Å². The Kier molecular flexibility index (Phi) is 23.8. The maximum atomic E-state index is 12.3. The van der Waals surface area contributed by atoms with E-state index in [1.165, 1.54) is 0 Å². The number of carbonyl (C=O) groups excluding carboxylic acids is 2. The minimum Gasteiger partial charge on any atom is -0.506 e. The predicted octanol–water partition coefficient (Wildman–Crippen LogP) is 11.4. The molecule has 4 aromatic rings. The lowest BCUT2D eigenvalue weighted by atomic mass is 10.1. The zero-order valence-electron chi connectivity index (χ0n) is 32.7. The van der Waals surface area contributed by atoms with E-state index < -0.39 is 0 Å². The fraction of sp³-hybridized carbons (Fsp3) is 0.366. The number of likely N-dealkylation sites (N-methyl/N-ethyl adjacent to an activating group) is 2. The van der Waals surface area contributed by atoms with Crippen molar-refractivity contribution < 1.29 is 43.1 Å². The van der Waals surface area contributed by atoms with Crippen molar-refractivity contribution in [2.75, 3.05) is 39.5 Å². The molecule has 1 fully saturated rings. The van der Waals surface area contributed by atoms with Crippen LogP contribution in [0.4, 0.5) is 0 Å². The van der Waals surface area contributed by atoms with E-state index in [0.717, 1.165) is 69.3 Å². The molecule has 1 heterocycles. The van der Waals surface area contributed by atoms with Crippen molar-refractivity contribution >= 4 is 193 Å². The van der Waals surface area contributed by atoms with Crippen LogP contribution in [-0.4, -0.2) is 74.7 Å². The molecule has 0 radical (unpaired) electrons. The third kappa shape index (κ3) is 16.6. The van der Waals surface area contributed by atoms with Gasteiger partial charge >= 0.3 is 11.9 Å². The minimum atomic E-state index is -0.372. The quantitative estimate of drug-likeness (QED) is 0.0470. The summed E-state index contributed by atoms with van der Waals surface area (Å²) in [6.45, 7) is 11.1. The number of rotatable bonds is 19. The first kappa shape index (κ1) is 53.4. The van der Waals surface area contributed by atoms with Gasteiger partial charge in [-0.3, -0.25) is 9.59 Å². The third-order valence-corrected chi connectivity index (χ3v) is 14.7. The monoisotopic (exact) mass is 1720 g/mol. The highest BCUT2D eigenvalue weighted by atomic mass is 127. The topological polar surface area (TPSA) is 137 Å². The van der Waals surface area contributed by atoms with Crippen LogP contribution >= 0.6 is 181 Å². The molecule has 1 aliphatic rings. The van der Waals surface area contributed by atoms with E-state index in [-0.39, 0.29) is 35.9 Å². The van der Waals surface area contributed by atoms with Crippen LogP contribution in [0.25, 0.3) is 0 Å². The van der Waals surface area contributed by atoms with Gasteiger partial charge in [0.25, 0.3) is 0 Å². The van der Waals surface area contributed by atoms with Crippen LogP contribution in [0.2, 0.25) is 0 Å². The Morgan fingerprint density at radius 1 is 0.617 bits per heavy atom. The molecule has 3 atom stereocenters. The number of nitrogens with one attached hydrogen (secondary N) is 2. The Balaban J connectivity index is 0.000000267. The van der Waals surface area contributed by atoms with Gasteiger partial charge in [-0.2, -0.15) is 0 Å². The van der Waals surface area contributed by atoms with Crippen LogP contribution in [0, 0.1) is 28.6 Å². The molecule has 0 bridgehead atoms. The van der Waals surface area contributed by atoms with E-state index in [2.05, 4.69) is 203 Å². The smallest absolute Gasteiger partial charge is 0.323 e. The van der Waals surface area contributed by atoms with Crippen molar-refractivity contribution in [2.45, 2.75) is 58.7 Å². The maximum Gasteiger partial charge on any atom is 0.323 e. The van der Waals surface area contributed by atoms with E-state index in [4.69, 9.17) is 28.4 Å². The molecule has 4 aromatic carbocycles. The van der Waals surface area contributed by atoms with Gasteiger partial charge in [0.1, 0.15) is 47.8 Å². The Morgan fingerprint density at radius 3 is 1.30 bits per heavy atom. The number of halogens is 8. The molecule has 0 saturated carbocycles. The number of phenolic OH excluding ortho intramolecular Hbond substituents is 1. The average Bonchev–Trinajstić information content (AvgIpc) is 4.01. The molecule has 0 aliphatic carbocycles. The second-order valence-electron chi connectivity index (χ2n) is 12.8. The molecule has 60 heavy (non-hydrogen) atoms. The summed E-state index contributed by atoms with van der Waals surface area (Å²) in [5.41, 5.74) is 2.09. The zero-order valence-corrected chi connectivity index (χ0v) is 50.0. The van der Waals surface area contributed by atoms with E-state index in [1.807, 2.05) is 52.0 Å². The van der Waals surface area contributed by atoms with Crippen LogP contribution in [0.3, 0.4) is 0 Å². The zero-order chi connectivity index (χ0) is 44.1. The first-order valence-electron chi connectivity index (χ1n) is 18.6. The molecule has 0 spiro atoms. The van der Waals surface area contributed by atoms with Crippen molar-refractivity contribution in [1.82, 2.24) is 10.6 Å². The van der Waals surface area contributed by atoms with Crippen molar-refractivity contribution in [3.8, 4) is 34.5 Å². The molecule has 1 aliphatic heterocycles. The van der Waals surface area contributed by atoms with Crippen LogP contribution in [0.15, 0.2) is 48.5 Å². The fourth-order valence-electron chi connectivity index (χ4n) is 5.49. The molecule has 3 N–H and O–H groups in total. The molecule has 0 amide bonds. The molecular formula is C41H42I8N2O9. The molecule has 3 unspecified atom stereocenters. The van der Waals surface area contributed by atoms with Crippen LogP contribution in [0.5, 0.6) is 34.5 Å². The number of epoxide rings is 1. The van der Waals surface area contributed by atoms with Gasteiger partial charge in [0.05, 0.1) is 48.4 Å². The van der Waals surface area contributed by atoms with Crippen LogP contribution in [-0.2, 0) is 36.6 Å². The molecule has 1 saturated heterocycles. The van der Waals surface area contributed by atoms with Crippen LogP contribution < -0.4 is 24.8 Å². The van der Waals surface area contributed by atoms with Gasteiger partial charge in [-0.15, -0.1) is 0 Å². The average molecular weight is 1720 g/mol. The van der Waals surface area contributed by atoms with Gasteiger partial charge < -0.3 is 44.2 Å². The molecule has 11 nitrogen and oxygen atoms in total. The number of hydrogen-bond acceptors (Lipinski definition) is 11. The van der Waals surface area contributed by atoms with Crippen molar-refractivity contribution in [3.63, 3.8) is 0 Å². The lowest BCUT2D eigenvalue weighted by molar-refractivity contribution is -0.146. The highest BCUT2D eigenvalue weighted by Crippen LogP contribution is 2.39. The lowest BCUT2D eigenvalue weighted by Crippen LogP contribution is -2.39. The Morgan fingerprint density at radius 2 is 0.967 bits per heavy atom. The molecule has 0 aromatic heterocycles. The van der Waals surface area contributed by atoms with Gasteiger partial charge in [-0.05, 0) is 280 Å². The van der Waals surface area contributed by atoms with E-state index in [0.29, 0.717) is 51.5 Å². The Hall–Kier alpha value is 0.740. The highest BCUT2D eigenvalue weighted by molar-refractivity contribution is 14.1. The Bertz CT molecular complexity index is 2030. The van der Waals surface area contributed by atoms with E-state index in [9.17, 15) is 14.7 Å². The molecular weight excluding hydrogens is 1680 g/mol. The SMILES string of the molecule is CCNC(Cc1cc(I)c(Oc2cc(I)c(O)c(I)c2)c(I)c1)C(=O)OCC.CCNC(Cc1cc(I)c(Oc2cc(I)c(OCC3CO3)c(I)c2)c(I)c1)C(=O)OCC. The van der Waals surface area contributed by atoms with Crippen molar-refractivity contribution in [1.29, 1.82) is 0 Å². The summed E-state index contributed by atoms with van der Waals surface area (Å²) in [5.74, 6) is 3.67. The summed E-state index contributed by atoms with van der Waals surface area (Å²) in [6.07, 6.45) is 1.33. The first-order chi connectivity index (χ1) is 28.6. The standard InChI is InChI=1S/C22H23I4NO5.C19H19I4NO4/c1-3-27-19(22(28)29-4-2)7-12-5-15(23)21(16(24)6-12)32-13-8-17(25)20(18(26)9-13)31-11-14-10-30-14;1-3-24-16(19(26)27-4-2)7-10-5-14(22)18(15(23)6-10)28-11-8-12(20)17(25)13(21)9-11/h5-6,8-9,14,19,27H,3-4,7,10-11H2,1-2H3;5-6,8-9,16,24-25H,3-4,7H2,1-2H3. The van der Waals surface area contributed by atoms with Gasteiger partial charge in [-0.25, -0.2) is 0 Å². The largest absolute Gasteiger partial charge is 0.506 e. The summed E-state index contributed by atoms with van der Waals surface area (Å²) in [5, 5.41) is 16.3. The molecule has 5 rings (SSSR count). The molecule has 19 heteroatoms. The number of ether oxygens (including phenoxy) is 6. The predicted molar refractivity (Wildman–Crippen MR) is 300 cm³/mol. The van der Waals surface area contributed by atoms with Crippen LogP contribution in [0.1, 0.15) is 38.8 Å². The summed E-state index contributed by atoms with van der Waals surface area (Å²) in [7, 11) is 0. The second kappa shape index (κ2) is 26.8. The van der Waals surface area contributed by atoms with Gasteiger partial charge in [0.2, 0.25) is 0 Å². The number of phenols is 1. The second-order valence-corrected chi connectivity index (χ2v) is 22.1. The molecule has 326 valence electrons. The summed E-state index contributed by atoms with van der Waals surface area (Å²) in [6, 6.07) is 15.0. The van der Waals surface area contributed by atoms with E-state index >= 15 is 0 Å². The summed E-state index contributed by atoms with van der Waals surface area (Å²) >= 11 is 17.8. The maximum absolute atomic E-state index is 12.3. The number of esters is 2. The highest BCUT2D eigenvalue weighted by Gasteiger charge is 2.25. The summed E-state index contributed by atoms with van der Waals surface area (Å²) in [4.78, 5) is 24.4. The van der Waals surface area contributed by atoms with Gasteiger partial charge in [0, 0.05) is 0 Å². The van der Waals surface area contributed by atoms with Crippen molar-refractivity contribution in [2.24, 2.45) is 0 Å². The van der Waals surface area contributed by atoms with E-state index in [1.54, 1.807) is 12.1 Å². The Labute approximate surface area is 460 Å². The lowest BCUT2D eigenvalue weighted by Gasteiger charge is -2.18. The minimum absolute atomic E-state index is 0.218. The summed E-state index contributed by atoms with van der Waals surface area (Å²) < 4.78 is 41.3.